The number of carbonyl (C=O) groups excluding carboxylic acids is 1. The number of thioether (sulfide) groups is 1. The van der Waals surface area contributed by atoms with Crippen LogP contribution in [0.25, 0.3) is 0 Å². The molecule has 2 heterocycles. The second-order valence-corrected chi connectivity index (χ2v) is 6.98. The largest absolute Gasteiger partial charge is 0.492 e. The van der Waals surface area contributed by atoms with E-state index in [0.29, 0.717) is 10.9 Å². The quantitative estimate of drug-likeness (QED) is 0.789. The summed E-state index contributed by atoms with van der Waals surface area (Å²) >= 11 is 1.56. The zero-order valence-electron chi connectivity index (χ0n) is 13.5. The molecule has 0 saturated heterocycles. The first-order valence-corrected chi connectivity index (χ1v) is 8.49. The van der Waals surface area contributed by atoms with Gasteiger partial charge in [0, 0.05) is 24.6 Å². The molecule has 0 aliphatic carbocycles. The summed E-state index contributed by atoms with van der Waals surface area (Å²) in [5.74, 6) is 0.389. The molecule has 7 nitrogen and oxygen atoms in total. The lowest BCUT2D eigenvalue weighted by molar-refractivity contribution is 0.101. The van der Waals surface area contributed by atoms with E-state index < -0.39 is 0 Å². The Hall–Kier alpha value is -2.48. The molecule has 0 spiro atoms. The number of aryl methyl sites for hydroxylation is 1. The van der Waals surface area contributed by atoms with Gasteiger partial charge in [0.05, 0.1) is 5.54 Å². The van der Waals surface area contributed by atoms with Gasteiger partial charge in [0.15, 0.2) is 5.17 Å². The Bertz CT molecular complexity index is 817. The summed E-state index contributed by atoms with van der Waals surface area (Å²) in [6.07, 6.45) is 0.880. The Morgan fingerprint density at radius 2 is 2.25 bits per heavy atom. The van der Waals surface area contributed by atoms with Gasteiger partial charge in [-0.3, -0.25) is 14.5 Å². The monoisotopic (exact) mass is 345 g/mol. The molecule has 0 bridgehead atoms. The number of hydrogen-bond donors (Lipinski definition) is 3. The summed E-state index contributed by atoms with van der Waals surface area (Å²) < 4.78 is 1.33. The van der Waals surface area contributed by atoms with Gasteiger partial charge in [-0.25, -0.2) is 0 Å². The second-order valence-electron chi connectivity index (χ2n) is 5.87. The summed E-state index contributed by atoms with van der Waals surface area (Å²) in [6, 6.07) is 8.90. The number of rotatable bonds is 3. The van der Waals surface area contributed by atoms with Crippen LogP contribution in [0, 0.1) is 0 Å². The van der Waals surface area contributed by atoms with Crippen LogP contribution in [-0.4, -0.2) is 31.7 Å². The van der Waals surface area contributed by atoms with E-state index in [0.717, 1.165) is 17.7 Å². The summed E-state index contributed by atoms with van der Waals surface area (Å²) in [7, 11) is 1.60. The van der Waals surface area contributed by atoms with Crippen molar-refractivity contribution in [3.05, 3.63) is 41.6 Å². The van der Waals surface area contributed by atoms with Gasteiger partial charge in [-0.1, -0.05) is 23.9 Å². The highest BCUT2D eigenvalue weighted by Crippen LogP contribution is 2.35. The maximum Gasteiger partial charge on any atom is 0.274 e. The number of amides is 1. The van der Waals surface area contributed by atoms with Gasteiger partial charge in [0.25, 0.3) is 5.91 Å². The molecule has 1 amide bonds. The minimum atomic E-state index is -0.388. The lowest BCUT2D eigenvalue weighted by atomic mass is 9.89. The zero-order chi connectivity index (χ0) is 17.3. The molecule has 3 rings (SSSR count). The molecule has 0 unspecified atom stereocenters. The summed E-state index contributed by atoms with van der Waals surface area (Å²) in [5.41, 5.74) is 7.42. The van der Waals surface area contributed by atoms with Crippen molar-refractivity contribution in [2.45, 2.75) is 18.9 Å². The average Bonchev–Trinajstić information content (AvgIpc) is 2.86. The number of nitrogens with two attached hydrogens (primary N) is 1. The van der Waals surface area contributed by atoms with Gasteiger partial charge in [0.1, 0.15) is 5.69 Å². The highest BCUT2D eigenvalue weighted by atomic mass is 32.2. The van der Waals surface area contributed by atoms with Crippen LogP contribution in [0.4, 0.5) is 5.69 Å². The fraction of sp³-hybridized carbons (Fsp3) is 0.312. The van der Waals surface area contributed by atoms with E-state index in [1.807, 2.05) is 31.2 Å². The number of amidine groups is 1. The predicted octanol–water partition coefficient (Wildman–Crippen LogP) is 2.04. The summed E-state index contributed by atoms with van der Waals surface area (Å²) in [6.45, 7) is 2.04. The van der Waals surface area contributed by atoms with Gasteiger partial charge < -0.3 is 16.2 Å². The Morgan fingerprint density at radius 1 is 1.46 bits per heavy atom. The number of aromatic nitrogens is 2. The van der Waals surface area contributed by atoms with Crippen molar-refractivity contribution in [2.24, 2.45) is 17.8 Å². The molecule has 0 radical (unpaired) electrons. The number of benzene rings is 1. The van der Waals surface area contributed by atoms with Crippen LogP contribution in [0.15, 0.2) is 35.3 Å². The molecule has 24 heavy (non-hydrogen) atoms. The van der Waals surface area contributed by atoms with Crippen LogP contribution in [0.1, 0.15) is 29.4 Å². The standard InChI is InChI=1S/C16H19N5O2S/c1-16(6-7-24-15(17)19-16)10-4-3-5-11(8-10)18-14(23)12-9-13(22)20-21(12)2/h3-5,8-9H,6-7H2,1-2H3,(H2,17,19)(H,18,23)(H,20,22)/t16-/m0/s1. The number of anilines is 1. The van der Waals surface area contributed by atoms with E-state index in [2.05, 4.69) is 15.4 Å². The van der Waals surface area contributed by atoms with E-state index in [1.54, 1.807) is 18.8 Å². The van der Waals surface area contributed by atoms with Gasteiger partial charge in [-0.2, -0.15) is 0 Å². The third-order valence-electron chi connectivity index (χ3n) is 4.04. The highest BCUT2D eigenvalue weighted by Gasteiger charge is 2.29. The molecule has 1 aromatic heterocycles. The molecular weight excluding hydrogens is 326 g/mol. The van der Waals surface area contributed by atoms with E-state index in [-0.39, 0.29) is 23.0 Å². The molecule has 4 N–H and O–H groups in total. The fourth-order valence-corrected chi connectivity index (χ4v) is 3.66. The van der Waals surface area contributed by atoms with Crippen molar-refractivity contribution in [3.8, 4) is 5.88 Å². The molecular formula is C16H19N5O2S. The smallest absolute Gasteiger partial charge is 0.274 e. The highest BCUT2D eigenvalue weighted by molar-refractivity contribution is 8.13. The third kappa shape index (κ3) is 3.23. The number of hydrogen-bond acceptors (Lipinski definition) is 6. The molecule has 1 aliphatic heterocycles. The van der Waals surface area contributed by atoms with Crippen molar-refractivity contribution in [2.75, 3.05) is 11.1 Å². The molecule has 2 aromatic rings. The minimum absolute atomic E-state index is 0.187. The number of nitrogens with one attached hydrogen (secondary N) is 1. The van der Waals surface area contributed by atoms with Crippen LogP contribution in [0.3, 0.4) is 0 Å². The molecule has 8 heteroatoms. The molecule has 1 aliphatic rings. The fourth-order valence-electron chi connectivity index (χ4n) is 2.69. The average molecular weight is 345 g/mol. The molecule has 1 aromatic carbocycles. The Labute approximate surface area is 144 Å². The topological polar surface area (TPSA) is 106 Å². The first-order valence-electron chi connectivity index (χ1n) is 7.50. The number of aromatic hydroxyl groups is 1. The normalized spacial score (nSPS) is 20.5. The van der Waals surface area contributed by atoms with Crippen LogP contribution in [-0.2, 0) is 12.6 Å². The van der Waals surface area contributed by atoms with Gasteiger partial charge >= 0.3 is 0 Å². The zero-order valence-corrected chi connectivity index (χ0v) is 14.3. The molecule has 1 atom stereocenters. The first-order chi connectivity index (χ1) is 11.4. The van der Waals surface area contributed by atoms with Crippen molar-refractivity contribution in [1.29, 1.82) is 0 Å². The van der Waals surface area contributed by atoms with Gasteiger partial charge in [-0.15, -0.1) is 5.10 Å². The Balaban J connectivity index is 1.85. The number of aliphatic imine (C=N–C) groups is 1. The van der Waals surface area contributed by atoms with Crippen molar-refractivity contribution < 1.29 is 9.90 Å². The van der Waals surface area contributed by atoms with Crippen molar-refractivity contribution in [3.63, 3.8) is 0 Å². The summed E-state index contributed by atoms with van der Waals surface area (Å²) in [5, 5.41) is 16.6. The van der Waals surface area contributed by atoms with E-state index in [4.69, 9.17) is 5.73 Å². The SMILES string of the molecule is Cn1nc(O)cc1C(=O)Nc1cccc([C@]2(C)CCSC(N)=N2)c1. The van der Waals surface area contributed by atoms with Crippen LogP contribution >= 0.6 is 11.8 Å². The van der Waals surface area contributed by atoms with Crippen LogP contribution in [0.2, 0.25) is 0 Å². The van der Waals surface area contributed by atoms with Crippen LogP contribution < -0.4 is 11.1 Å². The number of carbonyl (C=O) groups is 1. The molecule has 0 fully saturated rings. The van der Waals surface area contributed by atoms with Crippen LogP contribution in [0.5, 0.6) is 5.88 Å². The number of nitrogens with zero attached hydrogens (tertiary/aromatic N) is 3. The lowest BCUT2D eigenvalue weighted by Crippen LogP contribution is -2.28. The maximum atomic E-state index is 12.3. The lowest BCUT2D eigenvalue weighted by Gasteiger charge is -2.30. The Kier molecular flexibility index (Phi) is 4.23. The minimum Gasteiger partial charge on any atom is -0.492 e. The first kappa shape index (κ1) is 16.4. The third-order valence-corrected chi connectivity index (χ3v) is 4.83. The summed E-state index contributed by atoms with van der Waals surface area (Å²) in [4.78, 5) is 16.9. The van der Waals surface area contributed by atoms with Crippen molar-refractivity contribution in [1.82, 2.24) is 9.78 Å². The van der Waals surface area contributed by atoms with E-state index in [9.17, 15) is 9.90 Å². The van der Waals surface area contributed by atoms with Crippen molar-refractivity contribution >= 4 is 28.5 Å². The predicted molar refractivity (Wildman–Crippen MR) is 95.3 cm³/mol. The van der Waals surface area contributed by atoms with Gasteiger partial charge in [0.2, 0.25) is 5.88 Å². The van der Waals surface area contributed by atoms with Gasteiger partial charge in [-0.05, 0) is 31.0 Å². The van der Waals surface area contributed by atoms with E-state index in [1.165, 1.54) is 10.7 Å². The van der Waals surface area contributed by atoms with E-state index >= 15 is 0 Å². The second kappa shape index (κ2) is 6.20. The maximum absolute atomic E-state index is 12.3. The Morgan fingerprint density at radius 3 is 2.92 bits per heavy atom. The molecule has 126 valence electrons. The molecule has 0 saturated carbocycles.